The predicted molar refractivity (Wildman–Crippen MR) is 80.9 cm³/mol. The molecule has 0 aromatic heterocycles. The lowest BCUT2D eigenvalue weighted by Gasteiger charge is -2.22. The van der Waals surface area contributed by atoms with E-state index in [1.165, 1.54) is 18.2 Å². The maximum Gasteiger partial charge on any atom is 0.258 e. The Kier molecular flexibility index (Phi) is 3.61. The van der Waals surface area contributed by atoms with Gasteiger partial charge in [0, 0.05) is 0 Å². The summed E-state index contributed by atoms with van der Waals surface area (Å²) >= 11 is 0. The number of carbonyl (C=O) groups is 2. The second kappa shape index (κ2) is 5.73. The van der Waals surface area contributed by atoms with Crippen molar-refractivity contribution in [3.05, 3.63) is 76.9 Å². The van der Waals surface area contributed by atoms with Gasteiger partial charge in [-0.25, -0.2) is 4.39 Å². The van der Waals surface area contributed by atoms with Gasteiger partial charge in [0.05, 0.1) is 16.8 Å². The number of carbonyl (C=O) groups excluding carboxylic acids is 2. The highest BCUT2D eigenvalue weighted by atomic mass is 19.1. The Bertz CT molecular complexity index is 897. The molecule has 0 atom stereocenters. The van der Waals surface area contributed by atoms with E-state index in [1.807, 2.05) is 0 Å². The molecule has 1 aliphatic rings. The molecule has 6 heteroatoms. The molecule has 2 aromatic rings. The molecule has 0 fully saturated rings. The molecule has 2 N–H and O–H groups in total. The van der Waals surface area contributed by atoms with Gasteiger partial charge < -0.3 is 10.6 Å². The average Bonchev–Trinajstić information content (AvgIpc) is 2.56. The number of nitrogens with one attached hydrogen (secondary N) is 2. The van der Waals surface area contributed by atoms with Gasteiger partial charge in [-0.05, 0) is 24.3 Å². The Morgan fingerprint density at radius 3 is 2.48 bits per heavy atom. The first kappa shape index (κ1) is 14.5. The zero-order valence-electron chi connectivity index (χ0n) is 11.8. The third-order valence-electron chi connectivity index (χ3n) is 3.38. The van der Waals surface area contributed by atoms with Crippen LogP contribution < -0.4 is 10.6 Å². The average molecular weight is 307 g/mol. The Morgan fingerprint density at radius 2 is 1.74 bits per heavy atom. The molecule has 1 heterocycles. The molecule has 112 valence electrons. The molecule has 0 bridgehead atoms. The summed E-state index contributed by atoms with van der Waals surface area (Å²) < 4.78 is 13.8. The smallest absolute Gasteiger partial charge is 0.258 e. The van der Waals surface area contributed by atoms with Crippen molar-refractivity contribution in [2.75, 3.05) is 5.32 Å². The van der Waals surface area contributed by atoms with Crippen LogP contribution in [0.2, 0.25) is 0 Å². The number of allylic oxidation sites excluding steroid dienone is 1. The number of Topliss-reactive ketones (excluding diaryl/α,β-unsaturated/α-hetero) is 1. The molecule has 0 aliphatic carbocycles. The van der Waals surface area contributed by atoms with Gasteiger partial charge in [0.15, 0.2) is 0 Å². The van der Waals surface area contributed by atoms with Gasteiger partial charge in [0.25, 0.3) is 5.91 Å². The molecule has 3 rings (SSSR count). The van der Waals surface area contributed by atoms with Crippen LogP contribution in [0.3, 0.4) is 0 Å². The first-order valence-corrected chi connectivity index (χ1v) is 6.73. The van der Waals surface area contributed by atoms with Gasteiger partial charge in [0.2, 0.25) is 5.78 Å². The topological polar surface area (TPSA) is 82.0 Å². The highest BCUT2D eigenvalue weighted by Crippen LogP contribution is 2.23. The summed E-state index contributed by atoms with van der Waals surface area (Å²) in [7, 11) is 0. The first-order valence-electron chi connectivity index (χ1n) is 6.73. The van der Waals surface area contributed by atoms with Gasteiger partial charge in [-0.15, -0.1) is 0 Å². The number of nitriles is 1. The fourth-order valence-electron chi connectivity index (χ4n) is 2.26. The number of amides is 1. The minimum Gasteiger partial charge on any atom is -0.340 e. The summed E-state index contributed by atoms with van der Waals surface area (Å²) in [6, 6.07) is 13.8. The zero-order valence-corrected chi connectivity index (χ0v) is 11.8. The van der Waals surface area contributed by atoms with Crippen LogP contribution in [0.15, 0.2) is 59.9 Å². The molecule has 0 saturated heterocycles. The van der Waals surface area contributed by atoms with Gasteiger partial charge in [-0.2, -0.15) is 5.26 Å². The van der Waals surface area contributed by atoms with E-state index in [-0.39, 0.29) is 17.0 Å². The molecule has 0 radical (unpaired) electrons. The molecule has 2 aromatic carbocycles. The second-order valence-corrected chi connectivity index (χ2v) is 4.80. The molecule has 23 heavy (non-hydrogen) atoms. The fraction of sp³-hybridized carbons (Fsp3) is 0. The van der Waals surface area contributed by atoms with Crippen LogP contribution in [0.4, 0.5) is 10.1 Å². The number of hydrogen-bond acceptors (Lipinski definition) is 4. The summed E-state index contributed by atoms with van der Waals surface area (Å²) in [6.45, 7) is 0. The van der Waals surface area contributed by atoms with Crippen LogP contribution in [0.1, 0.15) is 20.7 Å². The minimum absolute atomic E-state index is 0.0514. The largest absolute Gasteiger partial charge is 0.340 e. The molecular formula is C17H10FN3O2. The van der Waals surface area contributed by atoms with Crippen LogP contribution in [0.5, 0.6) is 0 Å². The van der Waals surface area contributed by atoms with Crippen molar-refractivity contribution < 1.29 is 14.0 Å². The normalized spacial score (nSPS) is 14.9. The first-order chi connectivity index (χ1) is 11.1. The van der Waals surface area contributed by atoms with E-state index in [0.29, 0.717) is 11.3 Å². The van der Waals surface area contributed by atoms with E-state index >= 15 is 0 Å². The predicted octanol–water partition coefficient (Wildman–Crippen LogP) is 2.60. The van der Waals surface area contributed by atoms with E-state index in [2.05, 4.69) is 10.6 Å². The lowest BCUT2D eigenvalue weighted by Crippen LogP contribution is -2.35. The maximum atomic E-state index is 13.8. The SMILES string of the molecule is N#C/C(C(=O)c1ccccc1F)=C1\NC(=O)c2ccccc2N1. The lowest BCUT2D eigenvalue weighted by molar-refractivity contribution is 0.0963. The van der Waals surface area contributed by atoms with Crippen molar-refractivity contribution in [2.45, 2.75) is 0 Å². The van der Waals surface area contributed by atoms with E-state index in [0.717, 1.165) is 6.07 Å². The number of ketones is 1. The van der Waals surface area contributed by atoms with E-state index in [1.54, 1.807) is 30.3 Å². The molecule has 5 nitrogen and oxygen atoms in total. The van der Waals surface area contributed by atoms with Crippen molar-refractivity contribution in [3.8, 4) is 6.07 Å². The summed E-state index contributed by atoms with van der Waals surface area (Å²) in [5.74, 6) is -2.02. The number of fused-ring (bicyclic) bond motifs is 1. The molecule has 0 saturated carbocycles. The van der Waals surface area contributed by atoms with Crippen LogP contribution in [0, 0.1) is 17.1 Å². The fourth-order valence-corrected chi connectivity index (χ4v) is 2.26. The number of halogens is 1. The molecular weight excluding hydrogens is 297 g/mol. The Morgan fingerprint density at radius 1 is 1.04 bits per heavy atom. The quantitative estimate of drug-likeness (QED) is 0.507. The third kappa shape index (κ3) is 2.56. The van der Waals surface area contributed by atoms with Crippen LogP contribution >= 0.6 is 0 Å². The van der Waals surface area contributed by atoms with Gasteiger partial charge in [-0.3, -0.25) is 9.59 Å². The number of anilines is 1. The van der Waals surface area contributed by atoms with Gasteiger partial charge >= 0.3 is 0 Å². The third-order valence-corrected chi connectivity index (χ3v) is 3.38. The molecule has 0 spiro atoms. The highest BCUT2D eigenvalue weighted by Gasteiger charge is 2.26. The lowest BCUT2D eigenvalue weighted by atomic mass is 10.0. The Hall–Kier alpha value is -3.46. The number of hydrogen-bond donors (Lipinski definition) is 2. The standard InChI is InChI=1S/C17H10FN3O2/c18-13-7-3-1-5-10(13)15(22)12(9-19)16-20-14-8-4-2-6-11(14)17(23)21-16/h1-8,20H,(H,21,23)/b16-12+. The van der Waals surface area contributed by atoms with Crippen LogP contribution in [0.25, 0.3) is 0 Å². The Labute approximate surface area is 131 Å². The van der Waals surface area contributed by atoms with Crippen LogP contribution in [-0.4, -0.2) is 11.7 Å². The monoisotopic (exact) mass is 307 g/mol. The highest BCUT2D eigenvalue weighted by molar-refractivity contribution is 6.13. The molecule has 0 unspecified atom stereocenters. The number of nitrogens with zero attached hydrogens (tertiary/aromatic N) is 1. The van der Waals surface area contributed by atoms with Crippen LogP contribution in [-0.2, 0) is 0 Å². The number of benzene rings is 2. The number of para-hydroxylation sites is 1. The van der Waals surface area contributed by atoms with E-state index < -0.39 is 17.5 Å². The van der Waals surface area contributed by atoms with E-state index in [4.69, 9.17) is 0 Å². The summed E-state index contributed by atoms with van der Waals surface area (Å²) in [5.41, 5.74) is 0.275. The van der Waals surface area contributed by atoms with Crippen molar-refractivity contribution >= 4 is 17.4 Å². The van der Waals surface area contributed by atoms with Crippen molar-refractivity contribution in [1.29, 1.82) is 5.26 Å². The second-order valence-electron chi connectivity index (χ2n) is 4.80. The molecule has 1 amide bonds. The van der Waals surface area contributed by atoms with Gasteiger partial charge in [0.1, 0.15) is 23.3 Å². The van der Waals surface area contributed by atoms with Crippen molar-refractivity contribution in [1.82, 2.24) is 5.32 Å². The number of rotatable bonds is 2. The summed E-state index contributed by atoms with van der Waals surface area (Å²) in [4.78, 5) is 24.5. The minimum atomic E-state index is -0.798. The summed E-state index contributed by atoms with van der Waals surface area (Å²) in [5, 5.41) is 14.6. The molecule has 1 aliphatic heterocycles. The zero-order chi connectivity index (χ0) is 16.4. The van der Waals surface area contributed by atoms with Gasteiger partial charge in [-0.1, -0.05) is 24.3 Å². The maximum absolute atomic E-state index is 13.8. The van der Waals surface area contributed by atoms with E-state index in [9.17, 15) is 19.2 Å². The van der Waals surface area contributed by atoms with Crippen molar-refractivity contribution in [3.63, 3.8) is 0 Å². The summed E-state index contributed by atoms with van der Waals surface area (Å²) in [6.07, 6.45) is 0. The Balaban J connectivity index is 2.06. The van der Waals surface area contributed by atoms with Crippen molar-refractivity contribution in [2.24, 2.45) is 0 Å².